The smallest absolute Gasteiger partial charge is 0.251 e. The molecule has 3 aromatic rings. The zero-order valence-corrected chi connectivity index (χ0v) is 19.5. The van der Waals surface area contributed by atoms with Crippen molar-refractivity contribution in [1.82, 2.24) is 4.57 Å². The second-order valence-electron chi connectivity index (χ2n) is 8.29. The van der Waals surface area contributed by atoms with Gasteiger partial charge in [-0.05, 0) is 55.4 Å². The molecule has 0 amide bonds. The Balaban J connectivity index is 0.000000507. The van der Waals surface area contributed by atoms with E-state index >= 15 is 0 Å². The normalized spacial score (nSPS) is 10.9. The topological polar surface area (TPSA) is 22.0 Å². The molecule has 0 fully saturated rings. The minimum Gasteiger partial charge on any atom is -0.313 e. The Kier molecular flexibility index (Phi) is 11.1. The standard InChI is InChI=1S/C12H16S2.C11H17NO.2CH4/c1-7(2)9-5-11-12(13-9)6-10(14-11)8(3)4;1-8(2)10-5-6-12(9(3)4)11(13)7-10;;/h5-8H,1-4H3;5-9H,1-4H3;2*1H4. The molecule has 0 saturated carbocycles. The Morgan fingerprint density at radius 3 is 1.48 bits per heavy atom. The predicted octanol–water partition coefficient (Wildman–Crippen LogP) is 9.03. The highest BCUT2D eigenvalue weighted by Gasteiger charge is 2.10. The molecule has 0 aliphatic heterocycles. The molecule has 2 nitrogen and oxygen atoms in total. The van der Waals surface area contributed by atoms with E-state index in [0.29, 0.717) is 17.8 Å². The van der Waals surface area contributed by atoms with E-state index < -0.39 is 0 Å². The molecule has 0 aromatic carbocycles. The summed E-state index contributed by atoms with van der Waals surface area (Å²) >= 11 is 3.91. The molecule has 0 unspecified atom stereocenters. The van der Waals surface area contributed by atoms with Crippen LogP contribution in [0.4, 0.5) is 0 Å². The van der Waals surface area contributed by atoms with E-state index in [2.05, 4.69) is 53.7 Å². The van der Waals surface area contributed by atoms with Gasteiger partial charge in [-0.15, -0.1) is 22.7 Å². The summed E-state index contributed by atoms with van der Waals surface area (Å²) < 4.78 is 4.69. The van der Waals surface area contributed by atoms with Crippen LogP contribution in [0.3, 0.4) is 0 Å². The summed E-state index contributed by atoms with van der Waals surface area (Å²) in [5.74, 6) is 1.76. The molecule has 0 bridgehead atoms. The summed E-state index contributed by atoms with van der Waals surface area (Å²) in [5.41, 5.74) is 1.21. The van der Waals surface area contributed by atoms with E-state index in [9.17, 15) is 4.79 Å². The van der Waals surface area contributed by atoms with Crippen molar-refractivity contribution >= 4 is 32.1 Å². The minimum absolute atomic E-state index is 0. The molecule has 0 aliphatic rings. The van der Waals surface area contributed by atoms with Crippen molar-refractivity contribution in [3.63, 3.8) is 0 Å². The Labute approximate surface area is 186 Å². The first kappa shape index (κ1) is 27.6. The van der Waals surface area contributed by atoms with Crippen LogP contribution >= 0.6 is 22.7 Å². The van der Waals surface area contributed by atoms with Crippen molar-refractivity contribution in [1.29, 1.82) is 0 Å². The van der Waals surface area contributed by atoms with Gasteiger partial charge in [0.2, 0.25) is 0 Å². The zero-order chi connectivity index (χ0) is 20.3. The summed E-state index contributed by atoms with van der Waals surface area (Å²) in [5, 5.41) is 0. The highest BCUT2D eigenvalue weighted by atomic mass is 32.1. The average Bonchev–Trinajstić information content (AvgIpc) is 3.13. The van der Waals surface area contributed by atoms with Crippen LogP contribution < -0.4 is 5.56 Å². The van der Waals surface area contributed by atoms with Crippen LogP contribution in [0, 0.1) is 0 Å². The largest absolute Gasteiger partial charge is 0.313 e. The Hall–Kier alpha value is -1.39. The number of aromatic nitrogens is 1. The molecule has 0 spiro atoms. The Morgan fingerprint density at radius 2 is 1.17 bits per heavy atom. The highest BCUT2D eigenvalue weighted by molar-refractivity contribution is 7.27. The number of hydrogen-bond donors (Lipinski definition) is 0. The van der Waals surface area contributed by atoms with Gasteiger partial charge in [0.15, 0.2) is 0 Å². The number of fused-ring (bicyclic) bond motifs is 1. The van der Waals surface area contributed by atoms with Crippen molar-refractivity contribution in [2.24, 2.45) is 0 Å². The summed E-state index contributed by atoms with van der Waals surface area (Å²) in [7, 11) is 0. The predicted molar refractivity (Wildman–Crippen MR) is 137 cm³/mol. The lowest BCUT2D eigenvalue weighted by atomic mass is 10.1. The first-order valence-electron chi connectivity index (χ1n) is 9.85. The van der Waals surface area contributed by atoms with E-state index in [-0.39, 0.29) is 26.5 Å². The fraction of sp³-hybridized carbons (Fsp3) is 0.560. The van der Waals surface area contributed by atoms with Crippen molar-refractivity contribution in [3.05, 3.63) is 56.1 Å². The number of rotatable bonds is 4. The molecule has 4 heteroatoms. The van der Waals surface area contributed by atoms with E-state index in [1.165, 1.54) is 19.2 Å². The molecule has 3 aromatic heterocycles. The lowest BCUT2D eigenvalue weighted by Gasteiger charge is -2.11. The van der Waals surface area contributed by atoms with Crippen molar-refractivity contribution in [2.45, 2.75) is 94.0 Å². The molecule has 3 heterocycles. The molecule has 164 valence electrons. The SMILES string of the molecule is C.C.CC(C)c1cc2sc(C(C)C)cc2s1.CC(C)c1ccn(C(C)C)c(=O)c1. The summed E-state index contributed by atoms with van der Waals surface area (Å²) in [4.78, 5) is 14.6. The van der Waals surface area contributed by atoms with Gasteiger partial charge in [0.05, 0.1) is 0 Å². The van der Waals surface area contributed by atoms with Crippen molar-refractivity contribution in [3.8, 4) is 0 Å². The second kappa shape index (κ2) is 11.7. The molecule has 29 heavy (non-hydrogen) atoms. The monoisotopic (exact) mass is 435 g/mol. The van der Waals surface area contributed by atoms with Gasteiger partial charge in [0, 0.05) is 37.5 Å². The molecular weight excluding hydrogens is 394 g/mol. The molecule has 3 rings (SSSR count). The van der Waals surface area contributed by atoms with E-state index in [0.717, 1.165) is 5.56 Å². The number of hydrogen-bond acceptors (Lipinski definition) is 3. The first-order chi connectivity index (χ1) is 12.6. The zero-order valence-electron chi connectivity index (χ0n) is 17.9. The fourth-order valence-electron chi connectivity index (χ4n) is 2.73. The quantitative estimate of drug-likeness (QED) is 0.400. The third-order valence-corrected chi connectivity index (χ3v) is 7.47. The molecule has 0 saturated heterocycles. The number of nitrogens with zero attached hydrogens (tertiary/aromatic N) is 1. The molecule has 0 N–H and O–H groups in total. The molecule has 0 aliphatic carbocycles. The van der Waals surface area contributed by atoms with Crippen LogP contribution in [0.15, 0.2) is 35.3 Å². The molecule has 0 atom stereocenters. The van der Waals surface area contributed by atoms with Crippen molar-refractivity contribution in [2.75, 3.05) is 0 Å². The third kappa shape index (κ3) is 7.11. The van der Waals surface area contributed by atoms with Gasteiger partial charge in [0.25, 0.3) is 5.56 Å². The van der Waals surface area contributed by atoms with Gasteiger partial charge in [-0.3, -0.25) is 4.79 Å². The summed E-state index contributed by atoms with van der Waals surface area (Å²) in [6.07, 6.45) is 1.88. The van der Waals surface area contributed by atoms with E-state index in [1.54, 1.807) is 10.6 Å². The number of thiophene rings is 2. The third-order valence-electron chi connectivity index (χ3n) is 4.58. The lowest BCUT2D eigenvalue weighted by Crippen LogP contribution is -2.20. The van der Waals surface area contributed by atoms with E-state index in [4.69, 9.17) is 0 Å². The molecular formula is C25H41NOS2. The van der Waals surface area contributed by atoms with Gasteiger partial charge in [-0.2, -0.15) is 0 Å². The average molecular weight is 436 g/mol. The first-order valence-corrected chi connectivity index (χ1v) is 11.5. The van der Waals surface area contributed by atoms with Crippen LogP contribution in [0.25, 0.3) is 9.40 Å². The Morgan fingerprint density at radius 1 is 0.724 bits per heavy atom. The Bertz CT molecular complexity index is 857. The van der Waals surface area contributed by atoms with Crippen LogP contribution in [0.5, 0.6) is 0 Å². The van der Waals surface area contributed by atoms with Crippen LogP contribution in [0.1, 0.15) is 109 Å². The van der Waals surface area contributed by atoms with Gasteiger partial charge in [0.1, 0.15) is 0 Å². The fourth-order valence-corrected chi connectivity index (χ4v) is 5.16. The maximum atomic E-state index is 11.5. The summed E-state index contributed by atoms with van der Waals surface area (Å²) in [6.45, 7) is 17.3. The minimum atomic E-state index is 0. The number of pyridine rings is 1. The maximum Gasteiger partial charge on any atom is 0.251 e. The molecule has 0 radical (unpaired) electrons. The van der Waals surface area contributed by atoms with Gasteiger partial charge >= 0.3 is 0 Å². The van der Waals surface area contributed by atoms with Gasteiger partial charge in [-0.1, -0.05) is 56.4 Å². The van der Waals surface area contributed by atoms with Crippen LogP contribution in [-0.2, 0) is 0 Å². The van der Waals surface area contributed by atoms with Gasteiger partial charge < -0.3 is 4.57 Å². The van der Waals surface area contributed by atoms with E-state index in [1.807, 2.05) is 48.8 Å². The van der Waals surface area contributed by atoms with Crippen molar-refractivity contribution < 1.29 is 0 Å². The second-order valence-corrected chi connectivity index (χ2v) is 10.5. The van der Waals surface area contributed by atoms with Gasteiger partial charge in [-0.25, -0.2) is 0 Å². The van der Waals surface area contributed by atoms with Crippen LogP contribution in [-0.4, -0.2) is 4.57 Å². The maximum absolute atomic E-state index is 11.5. The van der Waals surface area contributed by atoms with Crippen LogP contribution in [0.2, 0.25) is 0 Å². The highest BCUT2D eigenvalue weighted by Crippen LogP contribution is 2.38. The lowest BCUT2D eigenvalue weighted by molar-refractivity contribution is 0.575. The summed E-state index contributed by atoms with van der Waals surface area (Å²) in [6, 6.07) is 8.72.